The van der Waals surface area contributed by atoms with E-state index in [4.69, 9.17) is 4.74 Å². The van der Waals surface area contributed by atoms with Crippen LogP contribution in [0.3, 0.4) is 0 Å². The van der Waals surface area contributed by atoms with Gasteiger partial charge in [-0.3, -0.25) is 4.79 Å². The number of cyclic esters (lactones) is 1. The molecule has 0 aromatic heterocycles. The summed E-state index contributed by atoms with van der Waals surface area (Å²) in [5.41, 5.74) is 0. The lowest BCUT2D eigenvalue weighted by atomic mass is 10.2. The molecule has 1 aliphatic carbocycles. The van der Waals surface area contributed by atoms with Crippen molar-refractivity contribution in [3.63, 3.8) is 0 Å². The molecule has 0 spiro atoms. The summed E-state index contributed by atoms with van der Waals surface area (Å²) >= 11 is 0. The number of hydrogen-bond donors (Lipinski definition) is 1. The Kier molecular flexibility index (Phi) is 1.38. The highest BCUT2D eigenvalue weighted by atomic mass is 16.5. The van der Waals surface area contributed by atoms with Crippen molar-refractivity contribution in [2.75, 3.05) is 6.61 Å². The molecule has 0 amide bonds. The maximum atomic E-state index is 10.9. The number of carbonyl (C=O) groups is 1. The van der Waals surface area contributed by atoms with Crippen LogP contribution in [0.5, 0.6) is 0 Å². The molecule has 1 unspecified atom stereocenters. The molecule has 10 heavy (non-hydrogen) atoms. The van der Waals surface area contributed by atoms with Crippen molar-refractivity contribution in [1.82, 2.24) is 5.32 Å². The van der Waals surface area contributed by atoms with Crippen molar-refractivity contribution in [2.45, 2.75) is 31.3 Å². The van der Waals surface area contributed by atoms with Crippen LogP contribution < -0.4 is 5.32 Å². The van der Waals surface area contributed by atoms with Gasteiger partial charge in [0.05, 0.1) is 6.61 Å². The Hall–Kier alpha value is -0.570. The van der Waals surface area contributed by atoms with Crippen LogP contribution >= 0.6 is 0 Å². The van der Waals surface area contributed by atoms with E-state index in [0.717, 1.165) is 6.42 Å². The molecular weight excluding hydrogens is 130 g/mol. The number of esters is 1. The van der Waals surface area contributed by atoms with Crippen LogP contribution in [0.15, 0.2) is 0 Å². The van der Waals surface area contributed by atoms with Crippen LogP contribution in [0, 0.1) is 0 Å². The van der Waals surface area contributed by atoms with Gasteiger partial charge in [0, 0.05) is 12.5 Å². The van der Waals surface area contributed by atoms with Gasteiger partial charge >= 0.3 is 5.97 Å². The molecule has 0 aromatic rings. The molecule has 3 nitrogen and oxygen atoms in total. The molecule has 1 atom stereocenters. The van der Waals surface area contributed by atoms with Gasteiger partial charge in [-0.2, -0.15) is 0 Å². The largest absolute Gasteiger partial charge is 0.464 e. The molecular formula is C7H11NO2. The second kappa shape index (κ2) is 2.23. The number of carbonyl (C=O) groups excluding carboxylic acids is 1. The highest BCUT2D eigenvalue weighted by Gasteiger charge is 2.32. The lowest BCUT2D eigenvalue weighted by molar-refractivity contribution is -0.139. The summed E-state index contributed by atoms with van der Waals surface area (Å²) in [6, 6.07) is 0.614. The lowest BCUT2D eigenvalue weighted by Crippen LogP contribution is -2.34. The van der Waals surface area contributed by atoms with E-state index in [0.29, 0.717) is 12.6 Å². The smallest absolute Gasteiger partial charge is 0.323 e. The second-order valence-electron chi connectivity index (χ2n) is 2.95. The first kappa shape index (κ1) is 6.16. The van der Waals surface area contributed by atoms with Crippen molar-refractivity contribution >= 4 is 5.97 Å². The summed E-state index contributed by atoms with van der Waals surface area (Å²) in [6.45, 7) is 0.600. The van der Waals surface area contributed by atoms with E-state index in [1.54, 1.807) is 0 Å². The fourth-order valence-electron chi connectivity index (χ4n) is 1.18. The normalized spacial score (nSPS) is 32.4. The van der Waals surface area contributed by atoms with Crippen LogP contribution in [0.4, 0.5) is 0 Å². The summed E-state index contributed by atoms with van der Waals surface area (Å²) in [4.78, 5) is 10.9. The SMILES string of the molecule is O=C1OCCC1NC1CC1. The predicted molar refractivity (Wildman–Crippen MR) is 35.5 cm³/mol. The van der Waals surface area contributed by atoms with Gasteiger partial charge in [-0.25, -0.2) is 0 Å². The Morgan fingerprint density at radius 2 is 2.20 bits per heavy atom. The van der Waals surface area contributed by atoms with E-state index in [9.17, 15) is 4.79 Å². The van der Waals surface area contributed by atoms with E-state index >= 15 is 0 Å². The highest BCUT2D eigenvalue weighted by molar-refractivity contribution is 5.77. The summed E-state index contributed by atoms with van der Waals surface area (Å²) in [7, 11) is 0. The zero-order chi connectivity index (χ0) is 6.97. The van der Waals surface area contributed by atoms with Crippen molar-refractivity contribution in [2.24, 2.45) is 0 Å². The molecule has 1 N–H and O–H groups in total. The fraction of sp³-hybridized carbons (Fsp3) is 0.857. The van der Waals surface area contributed by atoms with Crippen LogP contribution in [0.1, 0.15) is 19.3 Å². The quantitative estimate of drug-likeness (QED) is 0.552. The summed E-state index contributed by atoms with van der Waals surface area (Å²) in [5.74, 6) is -0.0631. The first-order chi connectivity index (χ1) is 4.86. The van der Waals surface area contributed by atoms with Crippen LogP contribution in [0.25, 0.3) is 0 Å². The molecule has 3 heteroatoms. The number of nitrogens with one attached hydrogen (secondary N) is 1. The Labute approximate surface area is 59.7 Å². The molecule has 2 fully saturated rings. The number of hydrogen-bond acceptors (Lipinski definition) is 3. The lowest BCUT2D eigenvalue weighted by Gasteiger charge is -2.04. The van der Waals surface area contributed by atoms with Crippen molar-refractivity contribution in [3.8, 4) is 0 Å². The Bertz CT molecular complexity index is 154. The maximum absolute atomic E-state index is 10.9. The molecule has 0 aromatic carbocycles. The van der Waals surface area contributed by atoms with Gasteiger partial charge in [-0.15, -0.1) is 0 Å². The zero-order valence-electron chi connectivity index (χ0n) is 5.80. The molecule has 56 valence electrons. The van der Waals surface area contributed by atoms with E-state index in [1.165, 1.54) is 12.8 Å². The third-order valence-corrected chi connectivity index (χ3v) is 1.95. The molecule has 0 bridgehead atoms. The minimum atomic E-state index is -0.0631. The zero-order valence-corrected chi connectivity index (χ0v) is 5.80. The number of rotatable bonds is 2. The molecule has 1 heterocycles. The molecule has 0 radical (unpaired) electrons. The average Bonchev–Trinajstić information content (AvgIpc) is 2.62. The Morgan fingerprint density at radius 3 is 2.70 bits per heavy atom. The van der Waals surface area contributed by atoms with Gasteiger partial charge in [-0.1, -0.05) is 0 Å². The molecule has 1 saturated heterocycles. The predicted octanol–water partition coefficient (Wildman–Crippen LogP) is 0.0539. The van der Waals surface area contributed by atoms with Crippen LogP contribution in [0.2, 0.25) is 0 Å². The van der Waals surface area contributed by atoms with Crippen LogP contribution in [-0.2, 0) is 9.53 Å². The third-order valence-electron chi connectivity index (χ3n) is 1.95. The van der Waals surface area contributed by atoms with E-state index < -0.39 is 0 Å². The Balaban J connectivity index is 1.84. The minimum Gasteiger partial charge on any atom is -0.464 e. The molecule has 1 saturated carbocycles. The second-order valence-corrected chi connectivity index (χ2v) is 2.95. The topological polar surface area (TPSA) is 38.3 Å². The van der Waals surface area contributed by atoms with E-state index in [-0.39, 0.29) is 12.0 Å². The van der Waals surface area contributed by atoms with E-state index in [1.807, 2.05) is 0 Å². The molecule has 1 aliphatic heterocycles. The summed E-state index contributed by atoms with van der Waals surface area (Å²) in [5, 5.41) is 3.23. The molecule has 2 aliphatic rings. The van der Waals surface area contributed by atoms with Gasteiger partial charge in [0.2, 0.25) is 0 Å². The van der Waals surface area contributed by atoms with Crippen molar-refractivity contribution < 1.29 is 9.53 Å². The first-order valence-electron chi connectivity index (χ1n) is 3.79. The third kappa shape index (κ3) is 1.14. The average molecular weight is 141 g/mol. The first-order valence-corrected chi connectivity index (χ1v) is 3.79. The van der Waals surface area contributed by atoms with E-state index in [2.05, 4.69) is 5.32 Å². The highest BCUT2D eigenvalue weighted by Crippen LogP contribution is 2.21. The Morgan fingerprint density at radius 1 is 1.40 bits per heavy atom. The van der Waals surface area contributed by atoms with Gasteiger partial charge in [0.15, 0.2) is 0 Å². The number of ether oxygens (including phenoxy) is 1. The van der Waals surface area contributed by atoms with Crippen molar-refractivity contribution in [1.29, 1.82) is 0 Å². The monoisotopic (exact) mass is 141 g/mol. The van der Waals surface area contributed by atoms with Crippen LogP contribution in [-0.4, -0.2) is 24.7 Å². The maximum Gasteiger partial charge on any atom is 0.323 e. The standard InChI is InChI=1S/C7H11NO2/c9-7-6(3-4-10-7)8-5-1-2-5/h5-6,8H,1-4H2. The summed E-state index contributed by atoms with van der Waals surface area (Å²) in [6.07, 6.45) is 3.31. The van der Waals surface area contributed by atoms with Gasteiger partial charge in [-0.05, 0) is 12.8 Å². The van der Waals surface area contributed by atoms with Crippen molar-refractivity contribution in [3.05, 3.63) is 0 Å². The molecule has 2 rings (SSSR count). The minimum absolute atomic E-state index is 0.00694. The summed E-state index contributed by atoms with van der Waals surface area (Å²) < 4.78 is 4.79. The van der Waals surface area contributed by atoms with Gasteiger partial charge in [0.25, 0.3) is 0 Å². The van der Waals surface area contributed by atoms with Gasteiger partial charge < -0.3 is 10.1 Å². The van der Waals surface area contributed by atoms with Gasteiger partial charge in [0.1, 0.15) is 6.04 Å². The fourth-order valence-corrected chi connectivity index (χ4v) is 1.18.